The predicted molar refractivity (Wildman–Crippen MR) is 109 cm³/mol. The molecule has 0 unspecified atom stereocenters. The fourth-order valence-electron chi connectivity index (χ4n) is 4.06. The van der Waals surface area contributed by atoms with Crippen molar-refractivity contribution in [2.45, 2.75) is 39.4 Å². The van der Waals surface area contributed by atoms with Gasteiger partial charge in [0.1, 0.15) is 5.76 Å². The fraction of sp³-hybridized carbons (Fsp3) is 0.455. The fourth-order valence-corrected chi connectivity index (χ4v) is 4.06. The molecule has 0 radical (unpaired) electrons. The Morgan fingerprint density at radius 1 is 1.21 bits per heavy atom. The normalized spacial score (nSPS) is 18.2. The molecule has 1 fully saturated rings. The molecule has 1 amide bonds. The molecule has 1 aromatic carbocycles. The van der Waals surface area contributed by atoms with Gasteiger partial charge in [-0.05, 0) is 30.2 Å². The van der Waals surface area contributed by atoms with Crippen LogP contribution in [-0.2, 0) is 17.9 Å². The number of fused-ring (bicyclic) bond motifs is 1. The van der Waals surface area contributed by atoms with E-state index in [1.807, 2.05) is 36.7 Å². The number of amides is 1. The predicted octanol–water partition coefficient (Wildman–Crippen LogP) is 3.39. The highest BCUT2D eigenvalue weighted by Gasteiger charge is 2.32. The third-order valence-corrected chi connectivity index (χ3v) is 5.65. The van der Waals surface area contributed by atoms with Gasteiger partial charge < -0.3 is 13.9 Å². The molecular weight excluding hydrogens is 352 g/mol. The van der Waals surface area contributed by atoms with Crippen LogP contribution in [0.4, 0.5) is 0 Å². The van der Waals surface area contributed by atoms with E-state index in [1.54, 1.807) is 6.26 Å². The van der Waals surface area contributed by atoms with Crippen molar-refractivity contribution in [2.24, 2.45) is 5.92 Å². The monoisotopic (exact) mass is 380 g/mol. The molecule has 0 saturated carbocycles. The summed E-state index contributed by atoms with van der Waals surface area (Å²) in [5.41, 5.74) is 2.06. The molecule has 148 valence electrons. The Kier molecular flexibility index (Phi) is 5.48. The SMILES string of the molecule is CC(C)[C@H]1CN(Cc2ccco2)CCN1C(=O)CCn1cnc2ccccc21. The summed E-state index contributed by atoms with van der Waals surface area (Å²) in [6.45, 7) is 8.40. The van der Waals surface area contributed by atoms with Gasteiger partial charge >= 0.3 is 0 Å². The van der Waals surface area contributed by atoms with E-state index in [-0.39, 0.29) is 11.9 Å². The third kappa shape index (κ3) is 3.97. The Bertz CT molecular complexity index is 916. The molecule has 1 saturated heterocycles. The van der Waals surface area contributed by atoms with Crippen molar-refractivity contribution in [3.63, 3.8) is 0 Å². The van der Waals surface area contributed by atoms with Crippen molar-refractivity contribution in [1.82, 2.24) is 19.4 Å². The second-order valence-corrected chi connectivity index (χ2v) is 7.89. The van der Waals surface area contributed by atoms with Crippen LogP contribution in [0.5, 0.6) is 0 Å². The molecule has 3 heterocycles. The number of aromatic nitrogens is 2. The number of imidazole rings is 1. The van der Waals surface area contributed by atoms with Gasteiger partial charge in [-0.3, -0.25) is 9.69 Å². The summed E-state index contributed by atoms with van der Waals surface area (Å²) in [4.78, 5) is 21.9. The molecule has 3 aromatic rings. The maximum absolute atomic E-state index is 13.0. The maximum atomic E-state index is 13.0. The topological polar surface area (TPSA) is 54.5 Å². The first kappa shape index (κ1) is 18.7. The largest absolute Gasteiger partial charge is 0.468 e. The van der Waals surface area contributed by atoms with Crippen LogP contribution >= 0.6 is 0 Å². The van der Waals surface area contributed by atoms with Gasteiger partial charge in [-0.15, -0.1) is 0 Å². The lowest BCUT2D eigenvalue weighted by Crippen LogP contribution is -2.56. The highest BCUT2D eigenvalue weighted by atomic mass is 16.3. The number of furan rings is 1. The van der Waals surface area contributed by atoms with Gasteiger partial charge in [-0.1, -0.05) is 26.0 Å². The Balaban J connectivity index is 1.38. The summed E-state index contributed by atoms with van der Waals surface area (Å²) in [5, 5.41) is 0. The van der Waals surface area contributed by atoms with E-state index in [2.05, 4.69) is 39.3 Å². The smallest absolute Gasteiger partial charge is 0.224 e. The van der Waals surface area contributed by atoms with Gasteiger partial charge in [0.2, 0.25) is 5.91 Å². The number of aryl methyl sites for hydroxylation is 1. The zero-order valence-electron chi connectivity index (χ0n) is 16.6. The Labute approximate surface area is 165 Å². The van der Waals surface area contributed by atoms with E-state index < -0.39 is 0 Å². The van der Waals surface area contributed by atoms with E-state index in [1.165, 1.54) is 0 Å². The van der Waals surface area contributed by atoms with Crippen molar-refractivity contribution in [3.05, 3.63) is 54.7 Å². The number of carbonyl (C=O) groups excluding carboxylic acids is 1. The lowest BCUT2D eigenvalue weighted by molar-refractivity contribution is -0.137. The summed E-state index contributed by atoms with van der Waals surface area (Å²) in [6.07, 6.45) is 4.05. The number of rotatable bonds is 6. The van der Waals surface area contributed by atoms with Gasteiger partial charge in [-0.2, -0.15) is 0 Å². The molecule has 1 aliphatic rings. The number of hydrogen-bond acceptors (Lipinski definition) is 4. The summed E-state index contributed by atoms with van der Waals surface area (Å²) in [7, 11) is 0. The van der Waals surface area contributed by atoms with E-state index in [0.717, 1.165) is 43.0 Å². The van der Waals surface area contributed by atoms with Crippen molar-refractivity contribution in [1.29, 1.82) is 0 Å². The second-order valence-electron chi connectivity index (χ2n) is 7.89. The van der Waals surface area contributed by atoms with Crippen molar-refractivity contribution < 1.29 is 9.21 Å². The minimum absolute atomic E-state index is 0.231. The quantitative estimate of drug-likeness (QED) is 0.658. The van der Waals surface area contributed by atoms with Crippen LogP contribution < -0.4 is 0 Å². The zero-order chi connectivity index (χ0) is 19.5. The molecule has 0 bridgehead atoms. The van der Waals surface area contributed by atoms with Gasteiger partial charge in [0.15, 0.2) is 0 Å². The second kappa shape index (κ2) is 8.19. The molecule has 28 heavy (non-hydrogen) atoms. The van der Waals surface area contributed by atoms with Crippen LogP contribution in [0.25, 0.3) is 11.0 Å². The number of nitrogens with zero attached hydrogens (tertiary/aromatic N) is 4. The Hall–Kier alpha value is -2.60. The first-order valence-corrected chi connectivity index (χ1v) is 10.1. The standard InChI is InChI=1S/C22H28N4O2/c1-17(2)21-15-24(14-18-6-5-13-28-18)11-12-26(21)22(27)9-10-25-16-23-19-7-3-4-8-20(19)25/h3-8,13,16-17,21H,9-12,14-15H2,1-2H3/t21-/m1/s1. The number of para-hydroxylation sites is 2. The van der Waals surface area contributed by atoms with Crippen molar-refractivity contribution in [2.75, 3.05) is 19.6 Å². The van der Waals surface area contributed by atoms with Crippen LogP contribution in [0.15, 0.2) is 53.4 Å². The summed E-state index contributed by atoms with van der Waals surface area (Å²) in [5.74, 6) is 1.63. The average molecular weight is 380 g/mol. The molecule has 1 atom stereocenters. The number of piperazine rings is 1. The summed E-state index contributed by atoms with van der Waals surface area (Å²) >= 11 is 0. The minimum Gasteiger partial charge on any atom is -0.468 e. The number of carbonyl (C=O) groups is 1. The molecule has 2 aromatic heterocycles. The summed E-state index contributed by atoms with van der Waals surface area (Å²) < 4.78 is 7.56. The Morgan fingerprint density at radius 2 is 2.07 bits per heavy atom. The van der Waals surface area contributed by atoms with Crippen LogP contribution in [0, 0.1) is 5.92 Å². The molecule has 0 N–H and O–H groups in total. The minimum atomic E-state index is 0.231. The molecule has 1 aliphatic heterocycles. The molecule has 6 heteroatoms. The van der Waals surface area contributed by atoms with E-state index in [0.29, 0.717) is 18.9 Å². The first-order chi connectivity index (χ1) is 13.6. The van der Waals surface area contributed by atoms with Gasteiger partial charge in [-0.25, -0.2) is 4.98 Å². The molecule has 0 spiro atoms. The highest BCUT2D eigenvalue weighted by molar-refractivity contribution is 5.78. The van der Waals surface area contributed by atoms with Crippen LogP contribution in [0.2, 0.25) is 0 Å². The zero-order valence-corrected chi connectivity index (χ0v) is 16.6. The first-order valence-electron chi connectivity index (χ1n) is 10.1. The summed E-state index contributed by atoms with van der Waals surface area (Å²) in [6, 6.07) is 12.2. The van der Waals surface area contributed by atoms with Crippen LogP contribution in [0.3, 0.4) is 0 Å². The average Bonchev–Trinajstić information content (AvgIpc) is 3.36. The third-order valence-electron chi connectivity index (χ3n) is 5.65. The molecule has 4 rings (SSSR count). The van der Waals surface area contributed by atoms with E-state index in [4.69, 9.17) is 4.42 Å². The van der Waals surface area contributed by atoms with Gasteiger partial charge in [0.05, 0.1) is 30.2 Å². The van der Waals surface area contributed by atoms with Crippen LogP contribution in [-0.4, -0.2) is 50.9 Å². The molecular formula is C22H28N4O2. The van der Waals surface area contributed by atoms with Gasteiger partial charge in [0, 0.05) is 38.6 Å². The van der Waals surface area contributed by atoms with Crippen molar-refractivity contribution >= 4 is 16.9 Å². The van der Waals surface area contributed by atoms with Gasteiger partial charge in [0.25, 0.3) is 0 Å². The number of hydrogen-bond donors (Lipinski definition) is 0. The Morgan fingerprint density at radius 3 is 2.86 bits per heavy atom. The van der Waals surface area contributed by atoms with E-state index in [9.17, 15) is 4.79 Å². The molecule has 6 nitrogen and oxygen atoms in total. The molecule has 0 aliphatic carbocycles. The van der Waals surface area contributed by atoms with E-state index >= 15 is 0 Å². The number of benzene rings is 1. The van der Waals surface area contributed by atoms with Crippen molar-refractivity contribution in [3.8, 4) is 0 Å². The lowest BCUT2D eigenvalue weighted by atomic mass is 9.99. The maximum Gasteiger partial charge on any atom is 0.224 e. The lowest BCUT2D eigenvalue weighted by Gasteiger charge is -2.43. The highest BCUT2D eigenvalue weighted by Crippen LogP contribution is 2.21. The van der Waals surface area contributed by atoms with Crippen LogP contribution in [0.1, 0.15) is 26.0 Å².